The minimum absolute atomic E-state index is 0.0464. The van der Waals surface area contributed by atoms with Gasteiger partial charge in [-0.25, -0.2) is 4.79 Å². The Morgan fingerprint density at radius 1 is 1.20 bits per heavy atom. The first-order chi connectivity index (χ1) is 12.3. The Hall–Kier alpha value is -1.85. The molecule has 1 aromatic heterocycles. The lowest BCUT2D eigenvalue weighted by Crippen LogP contribution is -2.43. The lowest BCUT2D eigenvalue weighted by molar-refractivity contribution is 0.227. The lowest BCUT2D eigenvalue weighted by Gasteiger charge is -2.28. The largest absolute Gasteiger partial charge is 0.337 e. The van der Waals surface area contributed by atoms with Crippen molar-refractivity contribution in [1.29, 1.82) is 0 Å². The van der Waals surface area contributed by atoms with Gasteiger partial charge in [0.25, 0.3) is 0 Å². The van der Waals surface area contributed by atoms with Crippen molar-refractivity contribution in [2.24, 2.45) is 0 Å². The van der Waals surface area contributed by atoms with E-state index in [4.69, 9.17) is 0 Å². The van der Waals surface area contributed by atoms with E-state index in [1.807, 2.05) is 11.3 Å². The molecule has 132 valence electrons. The summed E-state index contributed by atoms with van der Waals surface area (Å²) in [6.07, 6.45) is 4.42. The topological polar surface area (TPSA) is 44.4 Å². The van der Waals surface area contributed by atoms with Crippen molar-refractivity contribution in [3.63, 3.8) is 0 Å². The summed E-state index contributed by atoms with van der Waals surface area (Å²) in [5, 5.41) is 8.38. The number of nitrogens with one attached hydrogen (secondary N) is 2. The Bertz CT molecular complexity index is 742. The molecule has 0 saturated heterocycles. The van der Waals surface area contributed by atoms with Crippen LogP contribution in [0.2, 0.25) is 0 Å². The first-order valence-corrected chi connectivity index (χ1v) is 10.1. The van der Waals surface area contributed by atoms with Crippen LogP contribution in [0.5, 0.6) is 0 Å². The van der Waals surface area contributed by atoms with Crippen molar-refractivity contribution in [3.8, 4) is 0 Å². The number of rotatable bonds is 4. The molecular weight excluding hydrogens is 330 g/mol. The molecule has 0 radical (unpaired) electrons. The molecule has 1 unspecified atom stereocenters. The van der Waals surface area contributed by atoms with E-state index >= 15 is 0 Å². The number of carbonyl (C=O) groups excluding carboxylic acids is 1. The SMILES string of the molecule is O=C(NCCN1CCc2sccc2C1)NC1CCCc2ccccc21. The van der Waals surface area contributed by atoms with Crippen LogP contribution in [-0.4, -0.2) is 30.6 Å². The fraction of sp³-hybridized carbons (Fsp3) is 0.450. The average molecular weight is 356 g/mol. The van der Waals surface area contributed by atoms with Crippen LogP contribution >= 0.6 is 11.3 Å². The Balaban J connectivity index is 1.24. The van der Waals surface area contributed by atoms with E-state index in [-0.39, 0.29) is 12.1 Å². The molecule has 1 aliphatic carbocycles. The predicted octanol–water partition coefficient (Wildman–Crippen LogP) is 3.48. The van der Waals surface area contributed by atoms with E-state index in [1.165, 1.54) is 21.6 Å². The molecule has 0 saturated carbocycles. The van der Waals surface area contributed by atoms with E-state index in [1.54, 1.807) is 0 Å². The summed E-state index contributed by atoms with van der Waals surface area (Å²) in [7, 11) is 0. The van der Waals surface area contributed by atoms with Crippen molar-refractivity contribution in [2.75, 3.05) is 19.6 Å². The molecule has 2 heterocycles. The highest BCUT2D eigenvalue weighted by atomic mass is 32.1. The highest BCUT2D eigenvalue weighted by molar-refractivity contribution is 7.10. The smallest absolute Gasteiger partial charge is 0.315 e. The van der Waals surface area contributed by atoms with Crippen LogP contribution in [0.25, 0.3) is 0 Å². The first-order valence-electron chi connectivity index (χ1n) is 9.19. The third kappa shape index (κ3) is 3.88. The van der Waals surface area contributed by atoms with Gasteiger partial charge in [-0.2, -0.15) is 0 Å². The molecule has 5 heteroatoms. The highest BCUT2D eigenvalue weighted by Crippen LogP contribution is 2.29. The van der Waals surface area contributed by atoms with Gasteiger partial charge in [0.1, 0.15) is 0 Å². The molecule has 0 spiro atoms. The maximum atomic E-state index is 12.3. The number of fused-ring (bicyclic) bond motifs is 2. The molecule has 0 fully saturated rings. The van der Waals surface area contributed by atoms with Crippen LogP contribution in [0.4, 0.5) is 4.79 Å². The molecule has 1 aliphatic heterocycles. The Labute approximate surface area is 153 Å². The van der Waals surface area contributed by atoms with Gasteiger partial charge in [-0.1, -0.05) is 24.3 Å². The van der Waals surface area contributed by atoms with Crippen LogP contribution in [0, 0.1) is 0 Å². The maximum Gasteiger partial charge on any atom is 0.315 e. The molecular formula is C20H25N3OS. The fourth-order valence-electron chi connectivity index (χ4n) is 3.94. The van der Waals surface area contributed by atoms with Gasteiger partial charge in [0, 0.05) is 31.1 Å². The summed E-state index contributed by atoms with van der Waals surface area (Å²) < 4.78 is 0. The molecule has 1 atom stereocenters. The standard InChI is InChI=1S/C20H25N3OS/c24-20(22-18-7-3-5-15-4-1-2-6-17(15)18)21-10-12-23-11-8-19-16(14-23)9-13-25-19/h1-2,4,6,9,13,18H,3,5,7-8,10-12,14H2,(H2,21,22,24). The predicted molar refractivity (Wildman–Crippen MR) is 102 cm³/mol. The summed E-state index contributed by atoms with van der Waals surface area (Å²) in [6, 6.07) is 10.8. The normalized spacial score (nSPS) is 19.8. The number of hydrogen-bond acceptors (Lipinski definition) is 3. The third-order valence-corrected chi connectivity index (χ3v) is 6.30. The summed E-state index contributed by atoms with van der Waals surface area (Å²) >= 11 is 1.86. The maximum absolute atomic E-state index is 12.3. The summed E-state index contributed by atoms with van der Waals surface area (Å²) in [5.41, 5.74) is 4.11. The fourth-order valence-corrected chi connectivity index (χ4v) is 4.83. The molecule has 2 aliphatic rings. The minimum Gasteiger partial charge on any atom is -0.337 e. The van der Waals surface area contributed by atoms with E-state index in [2.05, 4.69) is 51.2 Å². The van der Waals surface area contributed by atoms with Crippen molar-refractivity contribution < 1.29 is 4.79 Å². The molecule has 4 rings (SSSR count). The third-order valence-electron chi connectivity index (χ3n) is 5.28. The van der Waals surface area contributed by atoms with E-state index in [0.29, 0.717) is 6.54 Å². The van der Waals surface area contributed by atoms with Gasteiger partial charge in [0.15, 0.2) is 0 Å². The van der Waals surface area contributed by atoms with Gasteiger partial charge in [0.2, 0.25) is 0 Å². The second-order valence-corrected chi connectivity index (χ2v) is 7.94. The second-order valence-electron chi connectivity index (χ2n) is 6.94. The molecule has 2 amide bonds. The van der Waals surface area contributed by atoms with Gasteiger partial charge in [0.05, 0.1) is 6.04 Å². The van der Waals surface area contributed by atoms with Gasteiger partial charge in [-0.3, -0.25) is 4.90 Å². The zero-order valence-electron chi connectivity index (χ0n) is 14.5. The second kappa shape index (κ2) is 7.58. The number of amides is 2. The average Bonchev–Trinajstić information content (AvgIpc) is 3.10. The number of nitrogens with zero attached hydrogens (tertiary/aromatic N) is 1. The highest BCUT2D eigenvalue weighted by Gasteiger charge is 2.21. The quantitative estimate of drug-likeness (QED) is 0.882. The van der Waals surface area contributed by atoms with Crippen LogP contribution in [0.1, 0.15) is 40.5 Å². The molecule has 2 aromatic rings. The van der Waals surface area contributed by atoms with E-state index in [0.717, 1.165) is 45.3 Å². The molecule has 25 heavy (non-hydrogen) atoms. The summed E-state index contributed by atoms with van der Waals surface area (Å²) in [4.78, 5) is 16.2. The van der Waals surface area contributed by atoms with Crippen molar-refractivity contribution >= 4 is 17.4 Å². The molecule has 4 nitrogen and oxygen atoms in total. The number of urea groups is 1. The van der Waals surface area contributed by atoms with Gasteiger partial charge >= 0.3 is 6.03 Å². The van der Waals surface area contributed by atoms with E-state index < -0.39 is 0 Å². The summed E-state index contributed by atoms with van der Waals surface area (Å²) in [5.74, 6) is 0. The zero-order chi connectivity index (χ0) is 17.1. The van der Waals surface area contributed by atoms with Crippen molar-refractivity contribution in [1.82, 2.24) is 15.5 Å². The monoisotopic (exact) mass is 355 g/mol. The zero-order valence-corrected chi connectivity index (χ0v) is 15.3. The Morgan fingerprint density at radius 3 is 3.08 bits per heavy atom. The molecule has 1 aromatic carbocycles. The number of thiophene rings is 1. The van der Waals surface area contributed by atoms with Crippen LogP contribution in [0.3, 0.4) is 0 Å². The number of hydrogen-bond donors (Lipinski definition) is 2. The summed E-state index contributed by atoms with van der Waals surface area (Å²) in [6.45, 7) is 3.70. The number of benzene rings is 1. The van der Waals surface area contributed by atoms with Crippen LogP contribution in [0.15, 0.2) is 35.7 Å². The molecule has 0 bridgehead atoms. The Kier molecular flexibility index (Phi) is 5.04. The van der Waals surface area contributed by atoms with Gasteiger partial charge in [-0.05, 0) is 53.8 Å². The van der Waals surface area contributed by atoms with Crippen molar-refractivity contribution in [3.05, 3.63) is 57.3 Å². The number of carbonyl (C=O) groups is 1. The van der Waals surface area contributed by atoms with Crippen molar-refractivity contribution in [2.45, 2.75) is 38.3 Å². The van der Waals surface area contributed by atoms with Gasteiger partial charge in [-0.15, -0.1) is 11.3 Å². The molecule has 2 N–H and O–H groups in total. The van der Waals surface area contributed by atoms with Crippen LogP contribution < -0.4 is 10.6 Å². The lowest BCUT2D eigenvalue weighted by atomic mass is 9.88. The minimum atomic E-state index is -0.0464. The number of aryl methyl sites for hydroxylation is 1. The van der Waals surface area contributed by atoms with Crippen LogP contribution in [-0.2, 0) is 19.4 Å². The first kappa shape index (κ1) is 16.6. The van der Waals surface area contributed by atoms with E-state index in [9.17, 15) is 4.79 Å². The Morgan fingerprint density at radius 2 is 2.12 bits per heavy atom. The van der Waals surface area contributed by atoms with Gasteiger partial charge < -0.3 is 10.6 Å².